The van der Waals surface area contributed by atoms with Gasteiger partial charge in [-0.05, 0) is 6.92 Å². The quantitative estimate of drug-likeness (QED) is 0.139. The maximum Gasteiger partial charge on any atom is 0.347 e. The number of nitrogens with two attached hydrogens (primary N) is 1. The van der Waals surface area contributed by atoms with Gasteiger partial charge in [-0.25, -0.2) is 9.78 Å². The number of carboxylic acid groups (broad SMARTS) is 1. The van der Waals surface area contributed by atoms with Gasteiger partial charge in [0, 0.05) is 17.7 Å². The summed E-state index contributed by atoms with van der Waals surface area (Å²) in [5.74, 6) is -2.70. The minimum Gasteiger partial charge on any atom is -0.481 e. The smallest absolute Gasteiger partial charge is 0.347 e. The van der Waals surface area contributed by atoms with Gasteiger partial charge in [-0.2, -0.15) is 0 Å². The third-order valence-electron chi connectivity index (χ3n) is 4.83. The maximum absolute atomic E-state index is 12.9. The molecule has 3 atom stereocenters. The lowest BCUT2D eigenvalue weighted by molar-refractivity contribution is -0.156. The SMILES string of the molecule is C=CC1(C(=O)O)CS[C@@H]2C(NC(=O)C(=NOCC(=O)OCC)c3csc(N)n3)C(=O)N2C1. The van der Waals surface area contributed by atoms with Crippen LogP contribution in [0.25, 0.3) is 0 Å². The van der Waals surface area contributed by atoms with E-state index in [1.165, 1.54) is 28.1 Å². The number of ether oxygens (including phenoxy) is 1. The zero-order chi connectivity index (χ0) is 23.5. The lowest BCUT2D eigenvalue weighted by Gasteiger charge is -2.53. The second-order valence-corrected chi connectivity index (χ2v) is 8.87. The van der Waals surface area contributed by atoms with Crippen molar-refractivity contribution in [2.75, 3.05) is 31.2 Å². The summed E-state index contributed by atoms with van der Waals surface area (Å²) >= 11 is 2.31. The number of nitrogens with zero attached hydrogens (tertiary/aromatic N) is 3. The summed E-state index contributed by atoms with van der Waals surface area (Å²) in [7, 11) is 0. The molecule has 12 nitrogen and oxygen atoms in total. The van der Waals surface area contributed by atoms with Gasteiger partial charge in [0.15, 0.2) is 10.8 Å². The number of rotatable bonds is 9. The molecule has 3 rings (SSSR count). The van der Waals surface area contributed by atoms with E-state index in [2.05, 4.69) is 22.0 Å². The molecule has 0 aliphatic carbocycles. The van der Waals surface area contributed by atoms with E-state index in [4.69, 9.17) is 15.3 Å². The molecule has 1 aromatic heterocycles. The van der Waals surface area contributed by atoms with Crippen LogP contribution in [0, 0.1) is 5.41 Å². The van der Waals surface area contributed by atoms with E-state index >= 15 is 0 Å². The molecule has 2 aliphatic rings. The molecule has 32 heavy (non-hydrogen) atoms. The third kappa shape index (κ3) is 4.55. The van der Waals surface area contributed by atoms with Crippen LogP contribution in [-0.2, 0) is 28.8 Å². The molecule has 0 spiro atoms. The van der Waals surface area contributed by atoms with E-state index in [-0.39, 0.29) is 35.4 Å². The number of carbonyl (C=O) groups excluding carboxylic acids is 3. The highest BCUT2D eigenvalue weighted by Crippen LogP contribution is 2.42. The van der Waals surface area contributed by atoms with E-state index in [0.717, 1.165) is 11.3 Å². The first-order valence-electron chi connectivity index (χ1n) is 9.39. The van der Waals surface area contributed by atoms with Crippen molar-refractivity contribution >= 4 is 57.7 Å². The van der Waals surface area contributed by atoms with Crippen LogP contribution in [0.4, 0.5) is 5.13 Å². The molecule has 0 aromatic carbocycles. The molecule has 4 N–H and O–H groups in total. The molecule has 2 aliphatic heterocycles. The normalized spacial score (nSPS) is 24.7. The number of β-lactam (4-membered cyclic amide) rings is 1. The van der Waals surface area contributed by atoms with Crippen LogP contribution < -0.4 is 11.1 Å². The molecule has 172 valence electrons. The summed E-state index contributed by atoms with van der Waals surface area (Å²) in [6.45, 7) is 4.84. The Balaban J connectivity index is 1.70. The molecule has 14 heteroatoms. The summed E-state index contributed by atoms with van der Waals surface area (Å²) in [4.78, 5) is 58.8. The summed E-state index contributed by atoms with van der Waals surface area (Å²) in [6, 6.07) is -0.879. The highest BCUT2D eigenvalue weighted by atomic mass is 32.2. The van der Waals surface area contributed by atoms with Crippen LogP contribution in [0.5, 0.6) is 0 Å². The second kappa shape index (κ2) is 9.56. The number of aromatic nitrogens is 1. The minimum absolute atomic E-state index is 0.0269. The molecular formula is C18H21N5O7S2. The first-order valence-corrected chi connectivity index (χ1v) is 11.3. The van der Waals surface area contributed by atoms with E-state index in [1.54, 1.807) is 6.92 Å². The number of amides is 2. The summed E-state index contributed by atoms with van der Waals surface area (Å²) in [6.07, 6.45) is 1.33. The van der Waals surface area contributed by atoms with Gasteiger partial charge >= 0.3 is 11.9 Å². The number of hydrogen-bond acceptors (Lipinski definition) is 11. The van der Waals surface area contributed by atoms with Gasteiger partial charge in [-0.1, -0.05) is 11.2 Å². The standard InChI is InChI=1S/C18H21N5O7S2/c1-3-18(16(27)28)7-23-14(26)12(15(23)32-8-18)21-13(25)11(9-6-31-17(19)20-9)22-30-5-10(24)29-4-2/h3,6,12,15H,1,4-5,7-8H2,2H3,(H2,19,20)(H,21,25)(H,27,28)/t12?,15-,18?/m1/s1. The Hall–Kier alpha value is -3.13. The van der Waals surface area contributed by atoms with Gasteiger partial charge in [-0.15, -0.1) is 29.7 Å². The molecule has 0 saturated carbocycles. The largest absolute Gasteiger partial charge is 0.481 e. The molecule has 0 radical (unpaired) electrons. The van der Waals surface area contributed by atoms with Gasteiger partial charge in [0.25, 0.3) is 5.91 Å². The molecule has 2 fully saturated rings. The Labute approximate surface area is 190 Å². The first-order chi connectivity index (χ1) is 15.2. The fourth-order valence-corrected chi connectivity index (χ4v) is 5.18. The predicted molar refractivity (Wildman–Crippen MR) is 116 cm³/mol. The zero-order valence-corrected chi connectivity index (χ0v) is 18.6. The average molecular weight is 484 g/mol. The molecule has 1 aromatic rings. The van der Waals surface area contributed by atoms with E-state index < -0.39 is 47.2 Å². The van der Waals surface area contributed by atoms with Crippen molar-refractivity contribution in [3.05, 3.63) is 23.7 Å². The van der Waals surface area contributed by atoms with Crippen molar-refractivity contribution in [2.24, 2.45) is 10.6 Å². The summed E-state index contributed by atoms with van der Waals surface area (Å²) in [5.41, 5.74) is 4.24. The average Bonchev–Trinajstić information content (AvgIpc) is 3.20. The van der Waals surface area contributed by atoms with Crippen LogP contribution in [0.15, 0.2) is 23.2 Å². The van der Waals surface area contributed by atoms with Gasteiger partial charge < -0.3 is 30.6 Å². The van der Waals surface area contributed by atoms with Gasteiger partial charge in [0.05, 0.1) is 6.61 Å². The number of thioether (sulfide) groups is 1. The molecule has 2 amide bonds. The Bertz CT molecular complexity index is 981. The number of nitrogens with one attached hydrogen (secondary N) is 1. The highest BCUT2D eigenvalue weighted by molar-refractivity contribution is 8.00. The van der Waals surface area contributed by atoms with Crippen LogP contribution >= 0.6 is 23.1 Å². The molecule has 2 unspecified atom stereocenters. The Morgan fingerprint density at radius 3 is 2.88 bits per heavy atom. The van der Waals surface area contributed by atoms with Crippen LogP contribution in [0.3, 0.4) is 0 Å². The molecule has 3 heterocycles. The Morgan fingerprint density at radius 2 is 2.28 bits per heavy atom. The summed E-state index contributed by atoms with van der Waals surface area (Å²) in [5, 5.41) is 17.0. The van der Waals surface area contributed by atoms with Crippen molar-refractivity contribution in [3.63, 3.8) is 0 Å². The Kier molecular flexibility index (Phi) is 7.03. The number of oxime groups is 1. The predicted octanol–water partition coefficient (Wildman–Crippen LogP) is -0.334. The fraction of sp³-hybridized carbons (Fsp3) is 0.444. The first kappa shape index (κ1) is 23.5. The van der Waals surface area contributed by atoms with Crippen molar-refractivity contribution < 1.29 is 33.9 Å². The second-order valence-electron chi connectivity index (χ2n) is 6.87. The number of nitrogen functional groups attached to an aromatic ring is 1. The number of esters is 1. The number of thiazole rings is 1. The lowest BCUT2D eigenvalue weighted by Crippen LogP contribution is -2.73. The maximum atomic E-state index is 12.9. The van der Waals surface area contributed by atoms with E-state index in [1.807, 2.05) is 0 Å². The fourth-order valence-electron chi connectivity index (χ4n) is 3.10. The lowest BCUT2D eigenvalue weighted by atomic mass is 9.87. The minimum atomic E-state index is -1.24. The van der Waals surface area contributed by atoms with Gasteiger partial charge in [-0.3, -0.25) is 14.4 Å². The van der Waals surface area contributed by atoms with E-state index in [0.29, 0.717) is 0 Å². The van der Waals surface area contributed by atoms with Crippen LogP contribution in [0.1, 0.15) is 12.6 Å². The molecule has 2 saturated heterocycles. The van der Waals surface area contributed by atoms with Crippen LogP contribution in [0.2, 0.25) is 0 Å². The molecular weight excluding hydrogens is 462 g/mol. The number of hydrogen-bond donors (Lipinski definition) is 3. The number of anilines is 1. The monoisotopic (exact) mass is 483 g/mol. The number of carboxylic acids is 1. The van der Waals surface area contributed by atoms with Crippen LogP contribution in [-0.4, -0.2) is 81.4 Å². The van der Waals surface area contributed by atoms with Gasteiger partial charge in [0.2, 0.25) is 12.5 Å². The summed E-state index contributed by atoms with van der Waals surface area (Å²) < 4.78 is 4.73. The zero-order valence-electron chi connectivity index (χ0n) is 17.0. The Morgan fingerprint density at radius 1 is 1.53 bits per heavy atom. The van der Waals surface area contributed by atoms with Crippen molar-refractivity contribution in [2.45, 2.75) is 18.3 Å². The van der Waals surface area contributed by atoms with Crippen molar-refractivity contribution in [3.8, 4) is 0 Å². The van der Waals surface area contributed by atoms with Crippen molar-refractivity contribution in [1.82, 2.24) is 15.2 Å². The number of aliphatic carboxylic acids is 1. The van der Waals surface area contributed by atoms with E-state index in [9.17, 15) is 24.3 Å². The van der Waals surface area contributed by atoms with Gasteiger partial charge in [0.1, 0.15) is 22.5 Å². The number of carbonyl (C=O) groups is 4. The number of fused-ring (bicyclic) bond motifs is 1. The topological polar surface area (TPSA) is 174 Å². The highest BCUT2D eigenvalue weighted by Gasteiger charge is 2.56. The van der Waals surface area contributed by atoms with Crippen molar-refractivity contribution in [1.29, 1.82) is 0 Å². The molecule has 0 bridgehead atoms. The third-order valence-corrected chi connectivity index (χ3v) is 7.06.